The lowest BCUT2D eigenvalue weighted by atomic mass is 10.1. The van der Waals surface area contributed by atoms with Crippen LogP contribution in [0.5, 0.6) is 0 Å². The van der Waals surface area contributed by atoms with Crippen LogP contribution in [0.3, 0.4) is 0 Å². The Balaban J connectivity index is 1.62. The van der Waals surface area contributed by atoms with E-state index in [-0.39, 0.29) is 0 Å². The summed E-state index contributed by atoms with van der Waals surface area (Å²) >= 11 is 3.14. The molecule has 0 aliphatic carbocycles. The van der Waals surface area contributed by atoms with Crippen LogP contribution >= 0.6 is 23.1 Å². The monoisotopic (exact) mass is 332 g/mol. The molecule has 0 aliphatic heterocycles. The molecule has 3 aromatic rings. The lowest BCUT2D eigenvalue weighted by Crippen LogP contribution is -2.05. The average Bonchev–Trinajstić information content (AvgIpc) is 3.18. The van der Waals surface area contributed by atoms with E-state index in [1.165, 1.54) is 22.2 Å². The Morgan fingerprint density at radius 1 is 1.27 bits per heavy atom. The van der Waals surface area contributed by atoms with Gasteiger partial charge in [0.1, 0.15) is 0 Å². The number of aliphatic hydroxyl groups excluding tert-OH is 1. The molecule has 0 fully saturated rings. The highest BCUT2D eigenvalue weighted by Gasteiger charge is 2.13. The van der Waals surface area contributed by atoms with Crippen LogP contribution < -0.4 is 0 Å². The van der Waals surface area contributed by atoms with Crippen molar-refractivity contribution in [3.05, 3.63) is 57.8 Å². The number of thiophene rings is 1. The fraction of sp³-hybridized carbons (Fsp3) is 0.267. The second-order valence-electron chi connectivity index (χ2n) is 4.94. The standard InChI is InChI=1S/C15H16N4OS2/c1-11-4-6-12(7-5-11)14(20)10-22-15-16-17-18-19(15)9-13-3-2-8-21-13/h2-8,14,20H,9-10H2,1H3. The summed E-state index contributed by atoms with van der Waals surface area (Å²) in [5, 5.41) is 24.8. The van der Waals surface area contributed by atoms with Crippen LogP contribution in [0, 0.1) is 6.92 Å². The predicted molar refractivity (Wildman–Crippen MR) is 88.1 cm³/mol. The second kappa shape index (κ2) is 7.04. The second-order valence-corrected chi connectivity index (χ2v) is 6.96. The molecule has 0 aliphatic rings. The van der Waals surface area contributed by atoms with Gasteiger partial charge >= 0.3 is 0 Å². The van der Waals surface area contributed by atoms with Crippen molar-refractivity contribution in [1.82, 2.24) is 20.2 Å². The van der Waals surface area contributed by atoms with Crippen LogP contribution in [0.15, 0.2) is 46.9 Å². The Morgan fingerprint density at radius 2 is 2.09 bits per heavy atom. The van der Waals surface area contributed by atoms with Crippen molar-refractivity contribution in [3.8, 4) is 0 Å². The summed E-state index contributed by atoms with van der Waals surface area (Å²) in [6, 6.07) is 12.0. The minimum Gasteiger partial charge on any atom is -0.388 e. The van der Waals surface area contributed by atoms with Gasteiger partial charge in [-0.25, -0.2) is 4.68 Å². The van der Waals surface area contributed by atoms with Gasteiger partial charge in [0, 0.05) is 10.6 Å². The van der Waals surface area contributed by atoms with E-state index in [1.54, 1.807) is 16.0 Å². The number of aromatic nitrogens is 4. The average molecular weight is 332 g/mol. The molecule has 2 heterocycles. The number of aliphatic hydroxyl groups is 1. The molecule has 0 saturated carbocycles. The van der Waals surface area contributed by atoms with Crippen LogP contribution in [0.2, 0.25) is 0 Å². The van der Waals surface area contributed by atoms with E-state index in [9.17, 15) is 5.11 Å². The van der Waals surface area contributed by atoms with Crippen molar-refractivity contribution in [2.45, 2.75) is 24.7 Å². The first-order valence-corrected chi connectivity index (χ1v) is 8.75. The van der Waals surface area contributed by atoms with E-state index in [4.69, 9.17) is 0 Å². The van der Waals surface area contributed by atoms with E-state index in [0.29, 0.717) is 12.3 Å². The normalized spacial score (nSPS) is 12.5. The summed E-state index contributed by atoms with van der Waals surface area (Å²) in [6.07, 6.45) is -0.530. The molecule has 114 valence electrons. The molecule has 1 N–H and O–H groups in total. The number of thioether (sulfide) groups is 1. The summed E-state index contributed by atoms with van der Waals surface area (Å²) in [7, 11) is 0. The summed E-state index contributed by atoms with van der Waals surface area (Å²) in [5.41, 5.74) is 2.10. The lowest BCUT2D eigenvalue weighted by molar-refractivity contribution is 0.204. The minimum absolute atomic E-state index is 0.522. The molecular weight excluding hydrogens is 316 g/mol. The van der Waals surface area contributed by atoms with Gasteiger partial charge in [0.05, 0.1) is 12.6 Å². The third-order valence-electron chi connectivity index (χ3n) is 3.22. The van der Waals surface area contributed by atoms with Crippen molar-refractivity contribution < 1.29 is 5.11 Å². The van der Waals surface area contributed by atoms with E-state index >= 15 is 0 Å². The Morgan fingerprint density at radius 3 is 2.82 bits per heavy atom. The molecule has 0 saturated heterocycles. The maximum Gasteiger partial charge on any atom is 0.209 e. The van der Waals surface area contributed by atoms with Gasteiger partial charge in [-0.3, -0.25) is 0 Å². The SMILES string of the molecule is Cc1ccc(C(O)CSc2nnnn2Cc2cccs2)cc1. The molecule has 5 nitrogen and oxygen atoms in total. The van der Waals surface area contributed by atoms with E-state index in [0.717, 1.165) is 10.7 Å². The number of hydrogen-bond donors (Lipinski definition) is 1. The molecule has 0 spiro atoms. The molecule has 0 amide bonds. The van der Waals surface area contributed by atoms with Crippen molar-refractivity contribution in [3.63, 3.8) is 0 Å². The Labute approximate surface area is 137 Å². The van der Waals surface area contributed by atoms with Gasteiger partial charge in [0.2, 0.25) is 5.16 Å². The lowest BCUT2D eigenvalue weighted by Gasteiger charge is -2.10. The zero-order valence-corrected chi connectivity index (χ0v) is 13.7. The molecule has 0 radical (unpaired) electrons. The highest BCUT2D eigenvalue weighted by atomic mass is 32.2. The number of rotatable bonds is 6. The summed E-state index contributed by atoms with van der Waals surface area (Å²) in [6.45, 7) is 2.69. The van der Waals surface area contributed by atoms with Gasteiger partial charge in [0.15, 0.2) is 0 Å². The topological polar surface area (TPSA) is 63.8 Å². The predicted octanol–water partition coefficient (Wildman–Crippen LogP) is 2.92. The number of aryl methyl sites for hydroxylation is 1. The molecule has 2 aromatic heterocycles. The molecule has 7 heteroatoms. The summed E-state index contributed by atoms with van der Waals surface area (Å²) < 4.78 is 1.76. The largest absolute Gasteiger partial charge is 0.388 e. The Kier molecular flexibility index (Phi) is 4.87. The highest BCUT2D eigenvalue weighted by Crippen LogP contribution is 2.24. The summed E-state index contributed by atoms with van der Waals surface area (Å²) in [5.74, 6) is 0.522. The van der Waals surface area contributed by atoms with Crippen LogP contribution in [0.4, 0.5) is 0 Å². The van der Waals surface area contributed by atoms with Gasteiger partial charge in [-0.05, 0) is 34.4 Å². The van der Waals surface area contributed by atoms with Crippen molar-refractivity contribution in [2.75, 3.05) is 5.75 Å². The Hall–Kier alpha value is -1.70. The van der Waals surface area contributed by atoms with E-state index < -0.39 is 6.10 Å². The first-order chi connectivity index (χ1) is 10.7. The van der Waals surface area contributed by atoms with Gasteiger partial charge in [-0.15, -0.1) is 16.4 Å². The third kappa shape index (κ3) is 3.73. The van der Waals surface area contributed by atoms with E-state index in [1.807, 2.05) is 42.6 Å². The number of benzene rings is 1. The maximum atomic E-state index is 10.3. The van der Waals surface area contributed by atoms with E-state index in [2.05, 4.69) is 21.6 Å². The molecule has 1 aromatic carbocycles. The third-order valence-corrected chi connectivity index (χ3v) is 5.11. The molecule has 0 bridgehead atoms. The van der Waals surface area contributed by atoms with Crippen LogP contribution in [-0.4, -0.2) is 31.1 Å². The fourth-order valence-electron chi connectivity index (χ4n) is 1.99. The maximum absolute atomic E-state index is 10.3. The summed E-state index contributed by atoms with van der Waals surface area (Å²) in [4.78, 5) is 1.20. The van der Waals surface area contributed by atoms with Crippen molar-refractivity contribution in [1.29, 1.82) is 0 Å². The van der Waals surface area contributed by atoms with Gasteiger partial charge in [-0.1, -0.05) is 47.7 Å². The number of nitrogens with zero attached hydrogens (tertiary/aromatic N) is 4. The highest BCUT2D eigenvalue weighted by molar-refractivity contribution is 7.99. The van der Waals surface area contributed by atoms with Crippen LogP contribution in [0.25, 0.3) is 0 Å². The number of tetrazole rings is 1. The minimum atomic E-state index is -0.530. The smallest absolute Gasteiger partial charge is 0.209 e. The van der Waals surface area contributed by atoms with Crippen molar-refractivity contribution in [2.24, 2.45) is 0 Å². The van der Waals surface area contributed by atoms with Gasteiger partial charge in [0.25, 0.3) is 0 Å². The number of hydrogen-bond acceptors (Lipinski definition) is 6. The van der Waals surface area contributed by atoms with Crippen LogP contribution in [0.1, 0.15) is 22.1 Å². The van der Waals surface area contributed by atoms with Crippen molar-refractivity contribution >= 4 is 23.1 Å². The Bertz CT molecular complexity index is 709. The molecular formula is C15H16N4OS2. The first-order valence-electron chi connectivity index (χ1n) is 6.88. The molecule has 3 rings (SSSR count). The quantitative estimate of drug-likeness (QED) is 0.703. The van der Waals surface area contributed by atoms with Crippen LogP contribution in [-0.2, 0) is 6.54 Å². The zero-order chi connectivity index (χ0) is 15.4. The first kappa shape index (κ1) is 15.2. The van der Waals surface area contributed by atoms with Gasteiger partial charge < -0.3 is 5.11 Å². The molecule has 1 atom stereocenters. The molecule has 22 heavy (non-hydrogen) atoms. The fourth-order valence-corrected chi connectivity index (χ4v) is 3.52. The van der Waals surface area contributed by atoms with Gasteiger partial charge in [-0.2, -0.15) is 0 Å². The molecule has 1 unspecified atom stereocenters. The zero-order valence-electron chi connectivity index (χ0n) is 12.1.